The minimum Gasteiger partial charge on any atom is -0.493 e. The van der Waals surface area contributed by atoms with Crippen molar-refractivity contribution in [3.63, 3.8) is 0 Å². The molecule has 3 rings (SSSR count). The van der Waals surface area contributed by atoms with Crippen LogP contribution in [0.2, 0.25) is 0 Å². The van der Waals surface area contributed by atoms with Crippen LogP contribution in [0.25, 0.3) is 11.1 Å². The van der Waals surface area contributed by atoms with Gasteiger partial charge in [-0.15, -0.1) is 5.10 Å². The Hall–Kier alpha value is -3.27. The molecule has 0 bridgehead atoms. The standard InChI is InChI=1S/C18H18FN3O5S/c1-25-15-8-11(9-16(26-2)17(15)27-3)14-10-22(21-18(14)20)28(23,24)13-6-4-12(19)5-7-13/h4-10H,1-3H3,(H2,20,21). The van der Waals surface area contributed by atoms with E-state index in [0.29, 0.717) is 28.4 Å². The smallest absolute Gasteiger partial charge is 0.283 e. The lowest BCUT2D eigenvalue weighted by Crippen LogP contribution is -2.13. The van der Waals surface area contributed by atoms with Crippen molar-refractivity contribution >= 4 is 15.8 Å². The summed E-state index contributed by atoms with van der Waals surface area (Å²) in [6.45, 7) is 0. The molecular formula is C18H18FN3O5S. The topological polar surface area (TPSA) is 106 Å². The largest absolute Gasteiger partial charge is 0.493 e. The molecule has 1 aromatic heterocycles. The number of rotatable bonds is 6. The second-order valence-electron chi connectivity index (χ2n) is 5.67. The number of anilines is 1. The third kappa shape index (κ3) is 3.33. The van der Waals surface area contributed by atoms with Crippen molar-refractivity contribution in [2.24, 2.45) is 0 Å². The van der Waals surface area contributed by atoms with Crippen LogP contribution in [0, 0.1) is 5.82 Å². The fourth-order valence-electron chi connectivity index (χ4n) is 2.66. The maximum absolute atomic E-state index is 13.1. The number of ether oxygens (including phenoxy) is 3. The van der Waals surface area contributed by atoms with Crippen molar-refractivity contribution in [2.45, 2.75) is 4.90 Å². The number of hydrogen-bond donors (Lipinski definition) is 1. The van der Waals surface area contributed by atoms with Crippen LogP contribution in [0.1, 0.15) is 0 Å². The van der Waals surface area contributed by atoms with Gasteiger partial charge in [-0.25, -0.2) is 4.39 Å². The molecule has 0 saturated carbocycles. The van der Waals surface area contributed by atoms with E-state index in [9.17, 15) is 12.8 Å². The molecule has 0 spiro atoms. The average Bonchev–Trinajstić information content (AvgIpc) is 3.09. The summed E-state index contributed by atoms with van der Waals surface area (Å²) >= 11 is 0. The first-order chi connectivity index (χ1) is 13.3. The van der Waals surface area contributed by atoms with E-state index in [1.54, 1.807) is 12.1 Å². The van der Waals surface area contributed by atoms with Crippen LogP contribution in [0.15, 0.2) is 47.5 Å². The molecule has 28 heavy (non-hydrogen) atoms. The minimum absolute atomic E-state index is 0.0139. The molecule has 1 heterocycles. The first kappa shape index (κ1) is 19.5. The first-order valence-corrected chi connectivity index (χ1v) is 9.42. The number of methoxy groups -OCH3 is 3. The maximum atomic E-state index is 13.1. The molecule has 148 valence electrons. The summed E-state index contributed by atoms with van der Waals surface area (Å²) in [5.41, 5.74) is 6.83. The van der Waals surface area contributed by atoms with Gasteiger partial charge in [0.2, 0.25) is 5.75 Å². The van der Waals surface area contributed by atoms with Crippen molar-refractivity contribution in [1.82, 2.24) is 9.19 Å². The molecule has 0 unspecified atom stereocenters. The molecule has 8 nitrogen and oxygen atoms in total. The van der Waals surface area contributed by atoms with Gasteiger partial charge >= 0.3 is 0 Å². The lowest BCUT2D eigenvalue weighted by molar-refractivity contribution is 0.324. The Bertz CT molecular complexity index is 1090. The number of nitrogen functional groups attached to an aromatic ring is 1. The molecular weight excluding hydrogens is 389 g/mol. The van der Waals surface area contributed by atoms with E-state index < -0.39 is 15.8 Å². The summed E-state index contributed by atoms with van der Waals surface area (Å²) in [6.07, 6.45) is 1.27. The van der Waals surface area contributed by atoms with Gasteiger partial charge in [-0.3, -0.25) is 0 Å². The van der Waals surface area contributed by atoms with Gasteiger partial charge in [-0.05, 0) is 42.0 Å². The lowest BCUT2D eigenvalue weighted by atomic mass is 10.1. The molecule has 10 heteroatoms. The Labute approximate surface area is 161 Å². The van der Waals surface area contributed by atoms with E-state index in [4.69, 9.17) is 19.9 Å². The fraction of sp³-hybridized carbons (Fsp3) is 0.167. The van der Waals surface area contributed by atoms with E-state index in [-0.39, 0.29) is 10.7 Å². The molecule has 2 aromatic carbocycles. The van der Waals surface area contributed by atoms with Crippen LogP contribution in [0.4, 0.5) is 10.2 Å². The first-order valence-electron chi connectivity index (χ1n) is 7.98. The molecule has 0 saturated heterocycles. The highest BCUT2D eigenvalue weighted by Gasteiger charge is 2.22. The Morgan fingerprint density at radius 2 is 1.57 bits per heavy atom. The lowest BCUT2D eigenvalue weighted by Gasteiger charge is -2.13. The van der Waals surface area contributed by atoms with Gasteiger partial charge in [0, 0.05) is 5.56 Å². The number of halogens is 1. The highest BCUT2D eigenvalue weighted by molar-refractivity contribution is 7.89. The predicted molar refractivity (Wildman–Crippen MR) is 101 cm³/mol. The molecule has 0 aliphatic heterocycles. The number of nitrogens with zero attached hydrogens (tertiary/aromatic N) is 2. The number of aromatic nitrogens is 2. The van der Waals surface area contributed by atoms with Crippen molar-refractivity contribution in [3.05, 3.63) is 48.4 Å². The summed E-state index contributed by atoms with van der Waals surface area (Å²) in [7, 11) is 0.366. The van der Waals surface area contributed by atoms with Crippen molar-refractivity contribution < 1.29 is 27.0 Å². The van der Waals surface area contributed by atoms with Gasteiger partial charge in [-0.2, -0.15) is 12.5 Å². The predicted octanol–water partition coefficient (Wildman–Crippen LogP) is 2.53. The van der Waals surface area contributed by atoms with Gasteiger partial charge < -0.3 is 19.9 Å². The molecule has 0 atom stereocenters. The molecule has 0 fully saturated rings. The molecule has 0 aliphatic carbocycles. The van der Waals surface area contributed by atoms with Crippen LogP contribution < -0.4 is 19.9 Å². The van der Waals surface area contributed by atoms with Crippen LogP contribution in [0.3, 0.4) is 0 Å². The van der Waals surface area contributed by atoms with Gasteiger partial charge in [0.15, 0.2) is 17.3 Å². The van der Waals surface area contributed by atoms with Crippen molar-refractivity contribution in [1.29, 1.82) is 0 Å². The third-order valence-electron chi connectivity index (χ3n) is 4.06. The summed E-state index contributed by atoms with van der Waals surface area (Å²) in [4.78, 5) is -0.118. The van der Waals surface area contributed by atoms with Crippen molar-refractivity contribution in [2.75, 3.05) is 27.1 Å². The molecule has 2 N–H and O–H groups in total. The van der Waals surface area contributed by atoms with E-state index in [0.717, 1.165) is 28.4 Å². The molecule has 0 amide bonds. The zero-order valence-electron chi connectivity index (χ0n) is 15.3. The highest BCUT2D eigenvalue weighted by Crippen LogP contribution is 2.42. The quantitative estimate of drug-likeness (QED) is 0.669. The number of benzene rings is 2. The van der Waals surface area contributed by atoms with Crippen molar-refractivity contribution in [3.8, 4) is 28.4 Å². The van der Waals surface area contributed by atoms with Gasteiger partial charge in [-0.1, -0.05) is 0 Å². The van der Waals surface area contributed by atoms with Crippen LogP contribution in [-0.4, -0.2) is 38.9 Å². The zero-order valence-corrected chi connectivity index (χ0v) is 16.2. The van der Waals surface area contributed by atoms with Gasteiger partial charge in [0.25, 0.3) is 10.0 Å². The van der Waals surface area contributed by atoms with Crippen LogP contribution >= 0.6 is 0 Å². The van der Waals surface area contributed by atoms with Crippen LogP contribution in [-0.2, 0) is 10.0 Å². The summed E-state index contributed by atoms with van der Waals surface area (Å²) < 4.78 is 55.2. The fourth-order valence-corrected chi connectivity index (χ4v) is 3.80. The van der Waals surface area contributed by atoms with E-state index in [1.165, 1.54) is 27.5 Å². The van der Waals surface area contributed by atoms with E-state index in [1.807, 2.05) is 0 Å². The van der Waals surface area contributed by atoms with E-state index >= 15 is 0 Å². The Kier molecular flexibility index (Phi) is 5.14. The van der Waals surface area contributed by atoms with Gasteiger partial charge in [0.05, 0.1) is 32.4 Å². The van der Waals surface area contributed by atoms with Gasteiger partial charge in [0.1, 0.15) is 5.82 Å². The van der Waals surface area contributed by atoms with E-state index in [2.05, 4.69) is 5.10 Å². The molecule has 0 aliphatic rings. The molecule has 3 aromatic rings. The number of nitrogens with two attached hydrogens (primary N) is 1. The Balaban J connectivity index is 2.11. The molecule has 0 radical (unpaired) electrons. The maximum Gasteiger partial charge on any atom is 0.283 e. The highest BCUT2D eigenvalue weighted by atomic mass is 32.2. The van der Waals surface area contributed by atoms with Crippen LogP contribution in [0.5, 0.6) is 17.2 Å². The average molecular weight is 407 g/mol. The third-order valence-corrected chi connectivity index (χ3v) is 5.60. The second kappa shape index (κ2) is 7.39. The monoisotopic (exact) mass is 407 g/mol. The normalized spacial score (nSPS) is 11.3. The SMILES string of the molecule is COc1cc(-c2cn(S(=O)(=O)c3ccc(F)cc3)nc2N)cc(OC)c1OC. The Morgan fingerprint density at radius 3 is 2.07 bits per heavy atom. The zero-order chi connectivity index (χ0) is 20.5. The summed E-state index contributed by atoms with van der Waals surface area (Å²) in [6, 6.07) is 7.68. The minimum atomic E-state index is -4.04. The summed E-state index contributed by atoms with van der Waals surface area (Å²) in [5, 5.41) is 3.91. The second-order valence-corrected chi connectivity index (χ2v) is 7.47. The summed E-state index contributed by atoms with van der Waals surface area (Å²) in [5.74, 6) is 0.589. The Morgan fingerprint density at radius 1 is 1.00 bits per heavy atom. The number of hydrogen-bond acceptors (Lipinski definition) is 7.